The van der Waals surface area contributed by atoms with Gasteiger partial charge in [-0.15, -0.1) is 0 Å². The van der Waals surface area contributed by atoms with E-state index in [2.05, 4.69) is 22.8 Å². The second-order valence-corrected chi connectivity index (χ2v) is 7.31. The highest BCUT2D eigenvalue weighted by Gasteiger charge is 2.24. The van der Waals surface area contributed by atoms with Crippen LogP contribution in [0.2, 0.25) is 0 Å². The number of hydrogen-bond donors (Lipinski definition) is 0. The maximum Gasteiger partial charge on any atom is 0.307 e. The molecule has 1 aliphatic rings. The topological polar surface area (TPSA) is 51.5 Å². The molecule has 1 amide bonds. The molecule has 150 valence electrons. The molecule has 0 radical (unpaired) electrons. The third-order valence-electron chi connectivity index (χ3n) is 5.60. The van der Waals surface area contributed by atoms with Gasteiger partial charge >= 0.3 is 5.97 Å². The molecule has 0 N–H and O–H groups in total. The number of nitrogens with zero attached hydrogens (tertiary/aromatic N) is 2. The van der Waals surface area contributed by atoms with Crippen molar-refractivity contribution in [3.63, 3.8) is 0 Å². The van der Waals surface area contributed by atoms with Crippen molar-refractivity contribution in [2.45, 2.75) is 32.7 Å². The van der Waals surface area contributed by atoms with Gasteiger partial charge in [-0.2, -0.15) is 0 Å². The average molecular weight is 390 g/mol. The van der Waals surface area contributed by atoms with E-state index in [-0.39, 0.29) is 11.9 Å². The molecule has 5 nitrogen and oxygen atoms in total. The number of aromatic nitrogens is 1. The second kappa shape index (κ2) is 8.52. The third-order valence-corrected chi connectivity index (χ3v) is 5.60. The van der Waals surface area contributed by atoms with Gasteiger partial charge in [-0.25, -0.2) is 0 Å². The minimum atomic E-state index is -0.173. The summed E-state index contributed by atoms with van der Waals surface area (Å²) in [7, 11) is 0. The van der Waals surface area contributed by atoms with Crippen LogP contribution >= 0.6 is 0 Å². The van der Waals surface area contributed by atoms with Crippen molar-refractivity contribution in [1.82, 2.24) is 9.47 Å². The van der Waals surface area contributed by atoms with E-state index in [0.717, 1.165) is 23.9 Å². The second-order valence-electron chi connectivity index (χ2n) is 7.31. The van der Waals surface area contributed by atoms with E-state index in [9.17, 15) is 9.59 Å². The normalized spacial score (nSPS) is 13.8. The number of aryl methyl sites for hydroxylation is 1. The van der Waals surface area contributed by atoms with E-state index < -0.39 is 0 Å². The molecule has 0 unspecified atom stereocenters. The summed E-state index contributed by atoms with van der Waals surface area (Å²) in [5.41, 5.74) is 4.42. The summed E-state index contributed by atoms with van der Waals surface area (Å²) in [6.07, 6.45) is 1.96. The largest absolute Gasteiger partial charge is 0.466 e. The van der Waals surface area contributed by atoms with E-state index in [4.69, 9.17) is 4.74 Å². The Kier molecular flexibility index (Phi) is 5.65. The van der Waals surface area contributed by atoms with Crippen LogP contribution in [0.4, 0.5) is 0 Å². The molecule has 0 saturated heterocycles. The minimum absolute atomic E-state index is 0.0816. The Labute approximate surface area is 170 Å². The first-order valence-electron chi connectivity index (χ1n) is 10.3. The highest BCUT2D eigenvalue weighted by Crippen LogP contribution is 2.30. The minimum Gasteiger partial charge on any atom is -0.466 e. The lowest BCUT2D eigenvalue weighted by molar-refractivity contribution is -0.143. The molecule has 0 saturated carbocycles. The number of para-hydroxylation sites is 1. The molecule has 0 atom stereocenters. The van der Waals surface area contributed by atoms with Crippen LogP contribution in [0.5, 0.6) is 0 Å². The van der Waals surface area contributed by atoms with Crippen LogP contribution in [0.15, 0.2) is 54.6 Å². The van der Waals surface area contributed by atoms with E-state index in [1.807, 2.05) is 48.2 Å². The van der Waals surface area contributed by atoms with Gasteiger partial charge in [0.2, 0.25) is 0 Å². The van der Waals surface area contributed by atoms with Crippen LogP contribution < -0.4 is 0 Å². The molecule has 1 aliphatic heterocycles. The van der Waals surface area contributed by atoms with Gasteiger partial charge in [0, 0.05) is 48.2 Å². The molecule has 1 aromatic heterocycles. The molecule has 0 fully saturated rings. The lowest BCUT2D eigenvalue weighted by Crippen LogP contribution is -2.33. The van der Waals surface area contributed by atoms with Gasteiger partial charge in [0.15, 0.2) is 0 Å². The molecule has 0 aliphatic carbocycles. The van der Waals surface area contributed by atoms with Crippen molar-refractivity contribution in [2.75, 3.05) is 19.7 Å². The van der Waals surface area contributed by atoms with E-state index in [1.165, 1.54) is 16.6 Å². The predicted molar refractivity (Wildman–Crippen MR) is 113 cm³/mol. The van der Waals surface area contributed by atoms with E-state index in [0.29, 0.717) is 32.7 Å². The Morgan fingerprint density at radius 2 is 1.69 bits per heavy atom. The third kappa shape index (κ3) is 3.90. The molecule has 0 bridgehead atoms. The Morgan fingerprint density at radius 3 is 2.48 bits per heavy atom. The highest BCUT2D eigenvalue weighted by atomic mass is 16.5. The average Bonchev–Trinajstić information content (AvgIpc) is 2.89. The number of rotatable bonds is 5. The highest BCUT2D eigenvalue weighted by molar-refractivity contribution is 5.94. The number of carbonyl (C=O) groups excluding carboxylic acids is 2. The van der Waals surface area contributed by atoms with Crippen molar-refractivity contribution in [1.29, 1.82) is 0 Å². The predicted octanol–water partition coefficient (Wildman–Crippen LogP) is 3.84. The number of amides is 1. The van der Waals surface area contributed by atoms with E-state index in [1.54, 1.807) is 0 Å². The van der Waals surface area contributed by atoms with Gasteiger partial charge in [-0.1, -0.05) is 36.4 Å². The summed E-state index contributed by atoms with van der Waals surface area (Å²) in [5.74, 6) is -0.0910. The molecule has 3 aromatic rings. The van der Waals surface area contributed by atoms with Crippen LogP contribution in [-0.2, 0) is 28.9 Å². The van der Waals surface area contributed by atoms with Crippen molar-refractivity contribution in [3.8, 4) is 0 Å². The Bertz CT molecular complexity index is 1020. The zero-order valence-electron chi connectivity index (χ0n) is 16.8. The molecular formula is C24H26N2O3. The first-order chi connectivity index (χ1) is 14.2. The quantitative estimate of drug-likeness (QED) is 0.622. The Morgan fingerprint density at radius 1 is 0.966 bits per heavy atom. The number of hydrogen-bond acceptors (Lipinski definition) is 3. The Balaban J connectivity index is 1.60. The summed E-state index contributed by atoms with van der Waals surface area (Å²) in [6.45, 7) is 4.21. The smallest absolute Gasteiger partial charge is 0.307 e. The lowest BCUT2D eigenvalue weighted by Gasteiger charge is -2.20. The summed E-state index contributed by atoms with van der Waals surface area (Å²) in [6, 6.07) is 17.8. The summed E-state index contributed by atoms with van der Waals surface area (Å²) >= 11 is 0. The van der Waals surface area contributed by atoms with Crippen molar-refractivity contribution in [3.05, 3.63) is 71.4 Å². The number of ether oxygens (including phenoxy) is 1. The van der Waals surface area contributed by atoms with Crippen molar-refractivity contribution in [2.24, 2.45) is 0 Å². The number of esters is 1. The summed E-state index contributed by atoms with van der Waals surface area (Å²) < 4.78 is 7.36. The van der Waals surface area contributed by atoms with Gasteiger partial charge in [0.25, 0.3) is 5.91 Å². The number of benzene rings is 2. The summed E-state index contributed by atoms with van der Waals surface area (Å²) in [4.78, 5) is 26.8. The van der Waals surface area contributed by atoms with Gasteiger partial charge in [0.05, 0.1) is 13.0 Å². The maximum atomic E-state index is 12.9. The molecule has 2 aromatic carbocycles. The van der Waals surface area contributed by atoms with Crippen LogP contribution in [-0.4, -0.2) is 41.0 Å². The zero-order valence-corrected chi connectivity index (χ0v) is 16.8. The maximum absolute atomic E-state index is 12.9. The zero-order chi connectivity index (χ0) is 20.2. The van der Waals surface area contributed by atoms with Gasteiger partial charge < -0.3 is 14.2 Å². The van der Waals surface area contributed by atoms with Gasteiger partial charge in [0.1, 0.15) is 0 Å². The molecule has 0 spiro atoms. The van der Waals surface area contributed by atoms with Crippen LogP contribution in [0, 0.1) is 0 Å². The standard InChI is InChI=1S/C24H26N2O3/c1-2-29-23(27)14-17-26-21-11-7-6-10-19(21)20-12-15-25(16-13-22(20)26)24(28)18-8-4-3-5-9-18/h3-11H,2,12-17H2,1H3. The SMILES string of the molecule is CCOC(=O)CCn1c2c(c3ccccc31)CCN(C(=O)c1ccccc1)CC2. The fourth-order valence-corrected chi connectivity index (χ4v) is 4.25. The fraction of sp³-hybridized carbons (Fsp3) is 0.333. The van der Waals surface area contributed by atoms with Crippen LogP contribution in [0.3, 0.4) is 0 Å². The number of carbonyl (C=O) groups is 2. The molecule has 5 heteroatoms. The van der Waals surface area contributed by atoms with Crippen LogP contribution in [0.25, 0.3) is 10.9 Å². The molecule has 2 heterocycles. The van der Waals surface area contributed by atoms with Crippen molar-refractivity contribution >= 4 is 22.8 Å². The van der Waals surface area contributed by atoms with E-state index >= 15 is 0 Å². The molecule has 4 rings (SSSR count). The number of fused-ring (bicyclic) bond motifs is 3. The molecular weight excluding hydrogens is 364 g/mol. The van der Waals surface area contributed by atoms with Gasteiger partial charge in [-0.3, -0.25) is 9.59 Å². The van der Waals surface area contributed by atoms with Gasteiger partial charge in [-0.05, 0) is 37.1 Å². The van der Waals surface area contributed by atoms with Crippen molar-refractivity contribution < 1.29 is 14.3 Å². The monoisotopic (exact) mass is 390 g/mol. The lowest BCUT2D eigenvalue weighted by atomic mass is 10.1. The summed E-state index contributed by atoms with van der Waals surface area (Å²) in [5, 5.41) is 1.22. The molecule has 29 heavy (non-hydrogen) atoms. The van der Waals surface area contributed by atoms with Crippen LogP contribution in [0.1, 0.15) is 35.0 Å². The first kappa shape index (κ1) is 19.2. The fourth-order valence-electron chi connectivity index (χ4n) is 4.25. The Hall–Kier alpha value is -3.08. The first-order valence-corrected chi connectivity index (χ1v) is 10.3.